The summed E-state index contributed by atoms with van der Waals surface area (Å²) in [6, 6.07) is 10.7. The molecular weight excluding hydrogens is 514 g/mol. The molecule has 40 heavy (non-hydrogen) atoms. The maximum absolute atomic E-state index is 13.9. The van der Waals surface area contributed by atoms with Gasteiger partial charge in [0.05, 0.1) is 11.7 Å². The number of urea groups is 1. The topological polar surface area (TPSA) is 164 Å². The summed E-state index contributed by atoms with van der Waals surface area (Å²) in [6.45, 7) is 5.27. The van der Waals surface area contributed by atoms with Crippen LogP contribution in [-0.2, 0) is 18.3 Å². The third-order valence-electron chi connectivity index (χ3n) is 6.65. The lowest BCUT2D eigenvalue weighted by Crippen LogP contribution is -2.51. The summed E-state index contributed by atoms with van der Waals surface area (Å²) in [6.07, 6.45) is 2.24. The van der Waals surface area contributed by atoms with E-state index in [2.05, 4.69) is 10.3 Å². The van der Waals surface area contributed by atoms with Gasteiger partial charge >= 0.3 is 12.0 Å². The Kier molecular flexibility index (Phi) is 8.24. The fourth-order valence-electron chi connectivity index (χ4n) is 4.78. The number of hydrogen-bond donors (Lipinski definition) is 4. The van der Waals surface area contributed by atoms with Gasteiger partial charge in [-0.2, -0.15) is 0 Å². The van der Waals surface area contributed by atoms with Crippen LogP contribution in [0.5, 0.6) is 5.75 Å². The Hall–Kier alpha value is -4.64. The molecule has 5 N–H and O–H groups in total. The lowest BCUT2D eigenvalue weighted by atomic mass is 10.00. The lowest BCUT2D eigenvalue weighted by molar-refractivity contribution is -0.132. The van der Waals surface area contributed by atoms with Crippen molar-refractivity contribution in [2.45, 2.75) is 45.7 Å². The summed E-state index contributed by atoms with van der Waals surface area (Å²) in [4.78, 5) is 44.6. The fourth-order valence-corrected chi connectivity index (χ4v) is 4.78. The summed E-state index contributed by atoms with van der Waals surface area (Å²) in [5, 5.41) is 23.4. The third-order valence-corrected chi connectivity index (χ3v) is 6.65. The van der Waals surface area contributed by atoms with Crippen molar-refractivity contribution in [2.24, 2.45) is 18.7 Å². The second kappa shape index (κ2) is 11.6. The van der Waals surface area contributed by atoms with Gasteiger partial charge < -0.3 is 30.2 Å². The van der Waals surface area contributed by atoms with Gasteiger partial charge in [0.25, 0.3) is 0 Å². The predicted molar refractivity (Wildman–Crippen MR) is 149 cm³/mol. The first-order valence-electron chi connectivity index (χ1n) is 12.9. The minimum atomic E-state index is -1.30. The maximum atomic E-state index is 13.9. The zero-order valence-electron chi connectivity index (χ0n) is 22.8. The highest BCUT2D eigenvalue weighted by molar-refractivity contribution is 6.04. The van der Waals surface area contributed by atoms with Gasteiger partial charge in [-0.15, -0.1) is 0 Å². The molecule has 0 spiro atoms. The predicted octanol–water partition coefficient (Wildman–Crippen LogP) is 4.60. The number of imide groups is 1. The molecule has 4 aromatic rings. The highest BCUT2D eigenvalue weighted by Gasteiger charge is 2.38. The molecule has 0 aliphatic carbocycles. The molecule has 0 fully saturated rings. The minimum Gasteiger partial charge on any atom is -0.506 e. The number of carbonyl (C=O) groups is 3. The van der Waals surface area contributed by atoms with E-state index in [0.29, 0.717) is 6.42 Å². The van der Waals surface area contributed by atoms with Crippen molar-refractivity contribution in [3.8, 4) is 5.75 Å². The molecule has 11 nitrogen and oxygen atoms in total. The van der Waals surface area contributed by atoms with Crippen LogP contribution in [0.1, 0.15) is 54.0 Å². The number of phenols is 1. The number of carbonyl (C=O) groups excluding carboxylic acids is 2. The van der Waals surface area contributed by atoms with E-state index in [-0.39, 0.29) is 41.1 Å². The number of nitrogens with two attached hydrogens (primary N) is 1. The molecule has 2 aromatic heterocycles. The van der Waals surface area contributed by atoms with Crippen LogP contribution >= 0.6 is 0 Å². The number of fused-ring (bicyclic) bond motifs is 1. The van der Waals surface area contributed by atoms with Gasteiger partial charge in [0.2, 0.25) is 11.8 Å². The number of anilines is 1. The number of aromatic carboxylic acids is 1. The number of phenolic OH excluding ortho intramolecular Hbond substituents is 1. The second-order valence-electron chi connectivity index (χ2n) is 10.2. The molecule has 11 heteroatoms. The van der Waals surface area contributed by atoms with Gasteiger partial charge in [0.1, 0.15) is 17.6 Å². The standard InChI is InChI=1S/C29H33N5O6/c1-16(2)13-20(30)27(36)34(29(39)31-21-10-6-8-12-24(21)35)23(26-32-25(28(37)38)17(3)40-26)14-18-15-33(4)22-11-7-5-9-19(18)22/h5-12,15-16,20,23,35H,13-14,30H2,1-4H3,(H,31,39)(H,37,38)/t20-,23+/m0/s1. The molecular formula is C29H33N5O6. The monoisotopic (exact) mass is 547 g/mol. The number of aromatic hydroxyl groups is 1. The molecule has 0 aliphatic rings. The van der Waals surface area contributed by atoms with E-state index >= 15 is 0 Å². The van der Waals surface area contributed by atoms with E-state index in [4.69, 9.17) is 10.2 Å². The summed E-state index contributed by atoms with van der Waals surface area (Å²) < 4.78 is 7.70. The van der Waals surface area contributed by atoms with Crippen molar-refractivity contribution in [3.05, 3.63) is 77.6 Å². The number of para-hydroxylation sites is 3. The van der Waals surface area contributed by atoms with E-state index in [0.717, 1.165) is 21.4 Å². The van der Waals surface area contributed by atoms with Gasteiger partial charge in [-0.25, -0.2) is 19.5 Å². The van der Waals surface area contributed by atoms with Crippen molar-refractivity contribution in [1.82, 2.24) is 14.5 Å². The highest BCUT2D eigenvalue weighted by Crippen LogP contribution is 2.33. The van der Waals surface area contributed by atoms with Crippen molar-refractivity contribution >= 4 is 34.5 Å². The molecule has 0 unspecified atom stereocenters. The number of carboxylic acids is 1. The zero-order chi connectivity index (χ0) is 29.1. The van der Waals surface area contributed by atoms with E-state index in [1.807, 2.05) is 55.9 Å². The van der Waals surface area contributed by atoms with Crippen LogP contribution in [-0.4, -0.2) is 48.6 Å². The van der Waals surface area contributed by atoms with Crippen molar-refractivity contribution in [2.75, 3.05) is 5.32 Å². The average molecular weight is 548 g/mol. The molecule has 0 saturated carbocycles. The quantitative estimate of drug-likeness (QED) is 0.221. The number of rotatable bonds is 9. The molecule has 210 valence electrons. The molecule has 0 bridgehead atoms. The first kappa shape index (κ1) is 28.4. The number of oxazole rings is 1. The molecule has 4 rings (SSSR count). The Bertz CT molecular complexity index is 1560. The molecule has 0 radical (unpaired) electrons. The molecule has 2 aromatic carbocycles. The van der Waals surface area contributed by atoms with Crippen molar-refractivity contribution in [3.63, 3.8) is 0 Å². The summed E-state index contributed by atoms with van der Waals surface area (Å²) in [5.74, 6) is -2.23. The lowest BCUT2D eigenvalue weighted by Gasteiger charge is -2.31. The fraction of sp³-hybridized carbons (Fsp3) is 0.310. The Morgan fingerprint density at radius 3 is 2.45 bits per heavy atom. The summed E-state index contributed by atoms with van der Waals surface area (Å²) >= 11 is 0. The van der Waals surface area contributed by atoms with Crippen molar-refractivity contribution < 1.29 is 29.0 Å². The Morgan fingerprint density at radius 2 is 1.80 bits per heavy atom. The number of carboxylic acid groups (broad SMARTS) is 1. The van der Waals surface area contributed by atoms with Crippen LogP contribution in [0.2, 0.25) is 0 Å². The number of amides is 3. The molecule has 0 aliphatic heterocycles. The van der Waals surface area contributed by atoms with E-state index in [1.54, 1.807) is 12.1 Å². The molecule has 2 heterocycles. The largest absolute Gasteiger partial charge is 0.506 e. The molecule has 0 saturated heterocycles. The van der Waals surface area contributed by atoms with Gasteiger partial charge in [0.15, 0.2) is 5.69 Å². The second-order valence-corrected chi connectivity index (χ2v) is 10.2. The van der Waals surface area contributed by atoms with Gasteiger partial charge in [0, 0.05) is 30.6 Å². The number of hydrogen-bond acceptors (Lipinski definition) is 7. The van der Waals surface area contributed by atoms with E-state index in [1.165, 1.54) is 19.1 Å². The van der Waals surface area contributed by atoms with E-state index in [9.17, 15) is 24.6 Å². The van der Waals surface area contributed by atoms with Crippen LogP contribution in [0.15, 0.2) is 59.1 Å². The molecule has 3 amide bonds. The molecule has 2 atom stereocenters. The highest BCUT2D eigenvalue weighted by atomic mass is 16.4. The SMILES string of the molecule is Cc1oc([C@@H](Cc2cn(C)c3ccccc23)N(C(=O)Nc2ccccc2O)C(=O)[C@@H](N)CC(C)C)nc1C(=O)O. The Labute approximate surface area is 231 Å². The van der Waals surface area contributed by atoms with Crippen LogP contribution in [0.3, 0.4) is 0 Å². The summed E-state index contributed by atoms with van der Waals surface area (Å²) in [7, 11) is 1.88. The first-order chi connectivity index (χ1) is 19.0. The zero-order valence-corrected chi connectivity index (χ0v) is 22.8. The number of aryl methyl sites for hydroxylation is 2. The normalized spacial score (nSPS) is 12.8. The van der Waals surface area contributed by atoms with Crippen LogP contribution in [0.4, 0.5) is 10.5 Å². The number of aromatic nitrogens is 2. The smallest absolute Gasteiger partial charge is 0.358 e. The number of nitrogens with zero attached hydrogens (tertiary/aromatic N) is 3. The van der Waals surface area contributed by atoms with Crippen LogP contribution < -0.4 is 11.1 Å². The third kappa shape index (κ3) is 5.84. The van der Waals surface area contributed by atoms with Gasteiger partial charge in [-0.05, 0) is 43.0 Å². The Morgan fingerprint density at radius 1 is 1.12 bits per heavy atom. The average Bonchev–Trinajstić information content (AvgIpc) is 3.44. The Balaban J connectivity index is 1.87. The van der Waals surface area contributed by atoms with Gasteiger partial charge in [-0.3, -0.25) is 4.79 Å². The minimum absolute atomic E-state index is 0.0328. The number of benzene rings is 2. The van der Waals surface area contributed by atoms with Crippen LogP contribution in [0, 0.1) is 12.8 Å². The van der Waals surface area contributed by atoms with Crippen LogP contribution in [0.25, 0.3) is 10.9 Å². The van der Waals surface area contributed by atoms with E-state index < -0.39 is 30.0 Å². The summed E-state index contributed by atoms with van der Waals surface area (Å²) in [5.41, 5.74) is 7.77. The number of nitrogens with one attached hydrogen (secondary N) is 1. The maximum Gasteiger partial charge on any atom is 0.358 e. The van der Waals surface area contributed by atoms with Crippen molar-refractivity contribution in [1.29, 1.82) is 0 Å². The first-order valence-corrected chi connectivity index (χ1v) is 12.9. The van der Waals surface area contributed by atoms with Gasteiger partial charge in [-0.1, -0.05) is 44.2 Å².